The van der Waals surface area contributed by atoms with Crippen LogP contribution in [0.15, 0.2) is 30.3 Å². The summed E-state index contributed by atoms with van der Waals surface area (Å²) < 4.78 is 21.6. The Hall–Kier alpha value is -4.73. The molecule has 2 aliphatic heterocycles. The minimum atomic E-state index is -1.44. The van der Waals surface area contributed by atoms with Crippen LogP contribution in [0.3, 0.4) is 0 Å². The molecular weight excluding hydrogens is 983 g/mol. The van der Waals surface area contributed by atoms with E-state index in [4.69, 9.17) is 18.9 Å². The second-order valence-electron chi connectivity index (χ2n) is 19.1. The zero-order valence-corrected chi connectivity index (χ0v) is 43.5. The van der Waals surface area contributed by atoms with Crippen molar-refractivity contribution < 1.29 is 83.1 Å². The van der Waals surface area contributed by atoms with Gasteiger partial charge < -0.3 is 81.0 Å². The van der Waals surface area contributed by atoms with Crippen LogP contribution in [0.5, 0.6) is 0 Å². The minimum Gasteiger partial charge on any atom is -0.388 e. The molecule has 0 bridgehead atoms. The molecule has 0 aliphatic carbocycles. The van der Waals surface area contributed by atoms with Gasteiger partial charge in [-0.1, -0.05) is 49.6 Å². The Balaban J connectivity index is 1.31. The molecule has 426 valence electrons. The third kappa shape index (κ3) is 26.3. The van der Waals surface area contributed by atoms with Gasteiger partial charge in [-0.2, -0.15) is 0 Å². The van der Waals surface area contributed by atoms with Gasteiger partial charge >= 0.3 is 0 Å². The number of hydrazine groups is 1. The van der Waals surface area contributed by atoms with Gasteiger partial charge in [0.05, 0.1) is 31.5 Å². The lowest BCUT2D eigenvalue weighted by molar-refractivity contribution is -0.292. The lowest BCUT2D eigenvalue weighted by Crippen LogP contribution is -2.57. The first-order valence-electron chi connectivity index (χ1n) is 26.5. The number of benzene rings is 1. The molecule has 3 rings (SSSR count). The summed E-state index contributed by atoms with van der Waals surface area (Å²) in [5.74, 6) is -1.53. The fourth-order valence-corrected chi connectivity index (χ4v) is 8.19. The summed E-state index contributed by atoms with van der Waals surface area (Å²) in [6, 6.07) is 8.06. The van der Waals surface area contributed by atoms with E-state index in [0.717, 1.165) is 11.8 Å². The number of ether oxygens (including phenoxy) is 4. The van der Waals surface area contributed by atoms with Crippen molar-refractivity contribution in [2.24, 2.45) is 0 Å². The normalized spacial score (nSPS) is 24.3. The van der Waals surface area contributed by atoms with E-state index in [9.17, 15) is 64.2 Å². The maximum Gasteiger partial charge on any atom is 0.242 e. The van der Waals surface area contributed by atoms with Crippen LogP contribution in [0.25, 0.3) is 0 Å². The highest BCUT2D eigenvalue weighted by Gasteiger charge is 2.43. The molecule has 0 aromatic heterocycles. The van der Waals surface area contributed by atoms with Gasteiger partial charge in [0.2, 0.25) is 35.4 Å². The molecule has 24 nitrogen and oxygen atoms in total. The predicted octanol–water partition coefficient (Wildman–Crippen LogP) is -1.31. The maximum absolute atomic E-state index is 13.3. The predicted molar refractivity (Wildman–Crippen MR) is 270 cm³/mol. The highest BCUT2D eigenvalue weighted by molar-refractivity contribution is 5.87. The van der Waals surface area contributed by atoms with E-state index in [-0.39, 0.29) is 93.9 Å². The van der Waals surface area contributed by atoms with Crippen LogP contribution in [0.1, 0.15) is 129 Å². The Labute approximate surface area is 439 Å². The minimum absolute atomic E-state index is 0.00641. The van der Waals surface area contributed by atoms with E-state index >= 15 is 0 Å². The monoisotopic (exact) mass is 1070 g/mol. The van der Waals surface area contributed by atoms with Gasteiger partial charge in [0.15, 0.2) is 12.6 Å². The highest BCUT2D eigenvalue weighted by Crippen LogP contribution is 2.23. The van der Waals surface area contributed by atoms with Crippen LogP contribution in [0.4, 0.5) is 0 Å². The van der Waals surface area contributed by atoms with Crippen molar-refractivity contribution in [3.8, 4) is 0 Å². The number of carbonyl (C=O) groups is 7. The summed E-state index contributed by atoms with van der Waals surface area (Å²) in [6.45, 7) is 4.04. The largest absolute Gasteiger partial charge is 0.388 e. The summed E-state index contributed by atoms with van der Waals surface area (Å²) >= 11 is 0. The SMILES string of the molecule is C[C@@H]1O[C@@H](OCCNC(=O)CCCCCNC(=O)[C@H](CCCCNC(=O)CCCCC(=O)NCCO[C@@H]2O[C@@H](C)[C@@H](O)[C@@H](O)[C@@H]2O)NC(=O)CCCCCCC(=O)NN[C@H](C=O)Cc2ccccc2)[C@@H](O)[C@H](O)[C@@H]1O. The lowest BCUT2D eigenvalue weighted by atomic mass is 10.0. The van der Waals surface area contributed by atoms with Crippen LogP contribution in [-0.2, 0) is 58.9 Å². The molecule has 2 heterocycles. The van der Waals surface area contributed by atoms with Gasteiger partial charge in [-0.15, -0.1) is 0 Å². The molecule has 2 fully saturated rings. The molecule has 1 aromatic carbocycles. The molecule has 0 unspecified atom stereocenters. The van der Waals surface area contributed by atoms with Crippen LogP contribution in [0, 0.1) is 0 Å². The van der Waals surface area contributed by atoms with Crippen molar-refractivity contribution in [3.05, 3.63) is 35.9 Å². The van der Waals surface area contributed by atoms with Crippen molar-refractivity contribution in [1.29, 1.82) is 0 Å². The van der Waals surface area contributed by atoms with E-state index < -0.39 is 73.5 Å². The quantitative estimate of drug-likeness (QED) is 0.0208. The Morgan fingerprint density at radius 3 is 1.49 bits per heavy atom. The molecule has 2 saturated heterocycles. The van der Waals surface area contributed by atoms with E-state index in [1.165, 1.54) is 6.92 Å². The second kappa shape index (κ2) is 37.1. The number of hydrogen-bond donors (Lipinski definition) is 13. The number of aliphatic hydroxyl groups excluding tert-OH is 6. The molecule has 75 heavy (non-hydrogen) atoms. The van der Waals surface area contributed by atoms with Gasteiger partial charge in [0.25, 0.3) is 0 Å². The molecule has 0 radical (unpaired) electrons. The number of carbonyl (C=O) groups excluding carboxylic acids is 7. The van der Waals surface area contributed by atoms with Crippen LogP contribution in [0.2, 0.25) is 0 Å². The summed E-state index contributed by atoms with van der Waals surface area (Å²) in [5.41, 5.74) is 6.33. The van der Waals surface area contributed by atoms with E-state index in [2.05, 4.69) is 37.4 Å². The van der Waals surface area contributed by atoms with Gasteiger partial charge in [0, 0.05) is 58.3 Å². The number of aldehydes is 1. The number of aliphatic hydroxyl groups is 6. The van der Waals surface area contributed by atoms with Crippen LogP contribution in [-0.4, -0.2) is 185 Å². The average Bonchev–Trinajstić information content (AvgIpc) is 3.39. The smallest absolute Gasteiger partial charge is 0.242 e. The van der Waals surface area contributed by atoms with Crippen molar-refractivity contribution in [1.82, 2.24) is 37.4 Å². The van der Waals surface area contributed by atoms with Gasteiger partial charge in [-0.25, -0.2) is 5.43 Å². The highest BCUT2D eigenvalue weighted by atomic mass is 16.7. The first-order chi connectivity index (χ1) is 36.0. The first kappa shape index (κ1) is 64.6. The maximum atomic E-state index is 13.3. The van der Waals surface area contributed by atoms with Crippen LogP contribution < -0.4 is 37.4 Å². The topological polar surface area (TPSA) is 362 Å². The van der Waals surface area contributed by atoms with Gasteiger partial charge in [-0.3, -0.25) is 34.2 Å². The molecule has 0 saturated carbocycles. The third-order valence-electron chi connectivity index (χ3n) is 12.8. The Kier molecular flexibility index (Phi) is 31.9. The Bertz CT molecular complexity index is 1840. The van der Waals surface area contributed by atoms with Crippen molar-refractivity contribution in [3.63, 3.8) is 0 Å². The first-order valence-corrected chi connectivity index (χ1v) is 26.5. The molecule has 2 aliphatic rings. The summed E-state index contributed by atoms with van der Waals surface area (Å²) in [6.07, 6.45) is -3.14. The summed E-state index contributed by atoms with van der Waals surface area (Å²) in [4.78, 5) is 87.3. The zero-order chi connectivity index (χ0) is 55.0. The average molecular weight is 1070 g/mol. The fourth-order valence-electron chi connectivity index (χ4n) is 8.19. The second-order valence-corrected chi connectivity index (χ2v) is 19.1. The summed E-state index contributed by atoms with van der Waals surface area (Å²) in [5, 5.41) is 73.5. The number of hydrogen-bond acceptors (Lipinski definition) is 18. The van der Waals surface area contributed by atoms with Gasteiger partial charge in [-0.05, 0) is 83.6 Å². The van der Waals surface area contributed by atoms with Crippen LogP contribution >= 0.6 is 0 Å². The molecular formula is C51H85N7O17. The number of amides is 6. The van der Waals surface area contributed by atoms with Crippen molar-refractivity contribution >= 4 is 41.7 Å². The molecule has 1 aromatic rings. The molecule has 6 amide bonds. The molecule has 0 spiro atoms. The van der Waals surface area contributed by atoms with E-state index in [0.29, 0.717) is 96.6 Å². The Morgan fingerprint density at radius 2 is 0.973 bits per heavy atom. The fraction of sp³-hybridized carbons (Fsp3) is 0.745. The lowest BCUT2D eigenvalue weighted by Gasteiger charge is -2.38. The molecule has 13 N–H and O–H groups in total. The zero-order valence-electron chi connectivity index (χ0n) is 43.5. The van der Waals surface area contributed by atoms with E-state index in [1.54, 1.807) is 6.92 Å². The number of nitrogens with one attached hydrogen (secondary N) is 7. The number of unbranched alkanes of at least 4 members (excludes halogenated alkanes) is 7. The van der Waals surface area contributed by atoms with Crippen molar-refractivity contribution in [2.45, 2.75) is 203 Å². The Morgan fingerprint density at radius 1 is 0.533 bits per heavy atom. The number of rotatable bonds is 38. The van der Waals surface area contributed by atoms with Crippen molar-refractivity contribution in [2.75, 3.05) is 39.4 Å². The summed E-state index contributed by atoms with van der Waals surface area (Å²) in [7, 11) is 0. The third-order valence-corrected chi connectivity index (χ3v) is 12.8. The van der Waals surface area contributed by atoms with Gasteiger partial charge in [0.1, 0.15) is 49.0 Å². The van der Waals surface area contributed by atoms with E-state index in [1.807, 2.05) is 30.3 Å². The molecule has 12 atom stereocenters. The standard InChI is InChI=1S/C51H85N7O17/c1-33-43(65)45(67)47(69)50(74-33)72-29-27-53-39(61)20-11-6-15-26-55-49(71)37(56-41(63)23-9-3-4-10-24-42(64)58-57-36(32-59)31-35-17-7-5-8-18-35)19-14-16-25-52-38(60)21-12-13-22-40(62)54-28-30-73-51-48(70)46(68)44(66)34(2)75-51/h5,7-8,17-18,32-34,36-37,43-48,50-51,57,65-70H,3-4,6,9-16,19-31H2,1-2H3,(H,52,60)(H,53,61)(H,54,62)(H,55,71)(H,56,63)(H,58,64)/t33-,34-,36-,37-,43+,44+,45+,46+,47-,48-,50+,51+/m0/s1. The molecule has 24 heteroatoms.